The first-order valence-corrected chi connectivity index (χ1v) is 12.7. The predicted octanol–water partition coefficient (Wildman–Crippen LogP) is 3.10. The number of nitrogens with zero attached hydrogens (tertiary/aromatic N) is 2. The van der Waals surface area contributed by atoms with Crippen LogP contribution in [0.15, 0.2) is 24.5 Å². The molecule has 1 aliphatic rings. The average molecular weight is 541 g/mol. The van der Waals surface area contributed by atoms with E-state index in [1.165, 1.54) is 12.1 Å². The Morgan fingerprint density at radius 2 is 1.97 bits per heavy atom. The number of hydrogen-bond acceptors (Lipinski definition) is 11. The van der Waals surface area contributed by atoms with Crippen LogP contribution in [0.1, 0.15) is 18.2 Å². The quantitative estimate of drug-likeness (QED) is 0.206. The van der Waals surface area contributed by atoms with E-state index in [1.54, 1.807) is 0 Å². The minimum Gasteiger partial charge on any atom is -0.390 e. The molecule has 0 bridgehead atoms. The van der Waals surface area contributed by atoms with Crippen LogP contribution in [0.3, 0.4) is 0 Å². The number of ether oxygens (including phenoxy) is 1. The molecular formula is C13H15F3N2O12P3+. The molecule has 20 heteroatoms. The van der Waals surface area contributed by atoms with Gasteiger partial charge in [0.05, 0.1) is 29.0 Å². The summed E-state index contributed by atoms with van der Waals surface area (Å²) < 4.78 is 95.8. The fourth-order valence-corrected chi connectivity index (χ4v) is 5.66. The molecule has 184 valence electrons. The van der Waals surface area contributed by atoms with Gasteiger partial charge in [0, 0.05) is 11.0 Å². The van der Waals surface area contributed by atoms with E-state index in [0.29, 0.717) is 0 Å². The summed E-state index contributed by atoms with van der Waals surface area (Å²) in [6, 6.07) is 3.40. The van der Waals surface area contributed by atoms with Crippen molar-refractivity contribution in [3.05, 3.63) is 30.1 Å². The van der Waals surface area contributed by atoms with E-state index >= 15 is 0 Å². The van der Waals surface area contributed by atoms with Gasteiger partial charge in [-0.1, -0.05) is 6.07 Å². The maximum absolute atomic E-state index is 13.4. The monoisotopic (exact) mass is 541 g/mol. The number of rotatable bonds is 9. The van der Waals surface area contributed by atoms with Crippen LogP contribution < -0.4 is 0 Å². The summed E-state index contributed by atoms with van der Waals surface area (Å²) >= 11 is 0. The molecule has 1 aromatic heterocycles. The minimum absolute atomic E-state index is 0.0332. The van der Waals surface area contributed by atoms with Crippen LogP contribution in [0.4, 0.5) is 13.2 Å². The van der Waals surface area contributed by atoms with Gasteiger partial charge < -0.3 is 19.3 Å². The molecule has 3 unspecified atom stereocenters. The first-order valence-electron chi connectivity index (χ1n) is 8.58. The molecule has 14 nitrogen and oxygen atoms in total. The summed E-state index contributed by atoms with van der Waals surface area (Å²) in [5.41, 5.74) is -1.22. The molecule has 6 atom stereocenters. The van der Waals surface area contributed by atoms with Gasteiger partial charge in [-0.15, -0.1) is 9.20 Å². The Balaban J connectivity index is 1.66. The van der Waals surface area contributed by atoms with Gasteiger partial charge in [0.1, 0.15) is 18.9 Å². The second-order valence-electron chi connectivity index (χ2n) is 6.46. The van der Waals surface area contributed by atoms with Gasteiger partial charge in [-0.2, -0.15) is 17.5 Å². The standard InChI is InChI=1S/C13H14F3N2O12P3/c14-13(15,16)7-2-1-3-8-12(7)18(6-17-8)11-4-9(19)10(27-11)5-26-31(21)29-33(24,25)30-32(22,23)28-20/h1-3,6,9-11,19H,4-5H2,(H2-,20,22,23,24,25)/p+1/t9-,10+,11+/m0/s1. The van der Waals surface area contributed by atoms with Crippen molar-refractivity contribution in [1.29, 1.82) is 0 Å². The highest BCUT2D eigenvalue weighted by Crippen LogP contribution is 2.63. The number of benzene rings is 1. The Hall–Kier alpha value is -1.32. The Morgan fingerprint density at radius 1 is 1.27 bits per heavy atom. The zero-order chi connectivity index (χ0) is 24.6. The molecule has 1 saturated heterocycles. The third kappa shape index (κ3) is 6.42. The van der Waals surface area contributed by atoms with E-state index in [9.17, 15) is 36.9 Å². The second kappa shape index (κ2) is 9.74. The smallest absolute Gasteiger partial charge is 0.390 e. The van der Waals surface area contributed by atoms with Crippen LogP contribution in [0.25, 0.3) is 11.0 Å². The van der Waals surface area contributed by atoms with Gasteiger partial charge in [-0.3, -0.25) is 4.89 Å². The molecule has 1 aliphatic heterocycles. The van der Waals surface area contributed by atoms with Crippen LogP contribution in [-0.4, -0.2) is 48.5 Å². The highest BCUT2D eigenvalue weighted by Gasteiger charge is 2.46. The van der Waals surface area contributed by atoms with Crippen molar-refractivity contribution in [3.8, 4) is 0 Å². The number of hydrogen-bond donors (Lipinski definition) is 4. The van der Waals surface area contributed by atoms with E-state index in [4.69, 9.17) is 14.9 Å². The molecule has 1 fully saturated rings. The summed E-state index contributed by atoms with van der Waals surface area (Å²) in [5, 5.41) is 18.2. The largest absolute Gasteiger partial charge is 0.708 e. The van der Waals surface area contributed by atoms with E-state index in [2.05, 4.69) is 22.8 Å². The third-order valence-corrected chi connectivity index (χ3v) is 7.81. The summed E-state index contributed by atoms with van der Waals surface area (Å²) in [6.07, 6.45) is -7.47. The molecule has 0 spiro atoms. The van der Waals surface area contributed by atoms with Crippen molar-refractivity contribution in [3.63, 3.8) is 0 Å². The van der Waals surface area contributed by atoms with Crippen molar-refractivity contribution < 1.29 is 69.6 Å². The minimum atomic E-state index is -5.49. The van der Waals surface area contributed by atoms with Gasteiger partial charge in [-0.05, 0) is 16.4 Å². The molecule has 3 rings (SSSR count). The maximum Gasteiger partial charge on any atom is 0.708 e. The van der Waals surface area contributed by atoms with Crippen LogP contribution >= 0.6 is 23.9 Å². The lowest BCUT2D eigenvalue weighted by atomic mass is 10.1. The normalized spacial score (nSPS) is 25.7. The van der Waals surface area contributed by atoms with Gasteiger partial charge in [-0.25, -0.2) is 19.4 Å². The summed E-state index contributed by atoms with van der Waals surface area (Å²) in [5.74, 6) is 0. The van der Waals surface area contributed by atoms with Crippen molar-refractivity contribution in [2.75, 3.05) is 6.61 Å². The van der Waals surface area contributed by atoms with Crippen LogP contribution in [0.5, 0.6) is 0 Å². The van der Waals surface area contributed by atoms with Crippen molar-refractivity contribution in [2.45, 2.75) is 31.0 Å². The highest BCUT2D eigenvalue weighted by molar-refractivity contribution is 7.64. The van der Waals surface area contributed by atoms with Gasteiger partial charge in [0.2, 0.25) is 0 Å². The van der Waals surface area contributed by atoms with E-state index in [-0.39, 0.29) is 17.5 Å². The maximum atomic E-state index is 13.4. The molecule has 2 aromatic rings. The zero-order valence-electron chi connectivity index (χ0n) is 15.9. The molecule has 33 heavy (non-hydrogen) atoms. The number of phosphoric acid groups is 2. The number of aliphatic hydroxyl groups is 1. The van der Waals surface area contributed by atoms with Crippen molar-refractivity contribution >= 4 is 34.9 Å². The molecule has 0 radical (unpaired) electrons. The molecule has 4 N–H and O–H groups in total. The third-order valence-electron chi connectivity index (χ3n) is 4.24. The lowest BCUT2D eigenvalue weighted by Crippen LogP contribution is -2.25. The van der Waals surface area contributed by atoms with E-state index in [0.717, 1.165) is 17.0 Å². The average Bonchev–Trinajstić information content (AvgIpc) is 3.27. The lowest BCUT2D eigenvalue weighted by Gasteiger charge is -2.16. The number of aliphatic hydroxyl groups excluding tert-OH is 1. The van der Waals surface area contributed by atoms with Crippen LogP contribution in [0.2, 0.25) is 0 Å². The van der Waals surface area contributed by atoms with Crippen LogP contribution in [-0.2, 0) is 42.4 Å². The molecule has 0 aliphatic carbocycles. The van der Waals surface area contributed by atoms with Gasteiger partial charge in [0.15, 0.2) is 0 Å². The Labute approximate surface area is 182 Å². The Bertz CT molecular complexity index is 1130. The number of alkyl halides is 3. The fourth-order valence-electron chi connectivity index (χ4n) is 2.97. The first-order chi connectivity index (χ1) is 15.2. The summed E-state index contributed by atoms with van der Waals surface area (Å²) in [7, 11) is -14.4. The number of para-hydroxylation sites is 1. The number of imidazole rings is 1. The zero-order valence-corrected chi connectivity index (χ0v) is 18.6. The fraction of sp³-hybridized carbons (Fsp3) is 0.462. The Kier molecular flexibility index (Phi) is 7.76. The number of fused-ring (bicyclic) bond motifs is 1. The summed E-state index contributed by atoms with van der Waals surface area (Å²) in [4.78, 5) is 21.8. The van der Waals surface area contributed by atoms with Crippen molar-refractivity contribution in [2.24, 2.45) is 0 Å². The van der Waals surface area contributed by atoms with Gasteiger partial charge in [0.25, 0.3) is 0 Å². The topological polar surface area (TPSA) is 196 Å². The van der Waals surface area contributed by atoms with E-state index in [1.807, 2.05) is 0 Å². The van der Waals surface area contributed by atoms with Gasteiger partial charge >= 0.3 is 30.1 Å². The molecular weight excluding hydrogens is 526 g/mol. The molecule has 1 aromatic carbocycles. The van der Waals surface area contributed by atoms with Crippen molar-refractivity contribution in [1.82, 2.24) is 9.55 Å². The SMILES string of the molecule is O=[P+](OC[C@H]1O[C@@H](n2cnc3cccc(C(F)(F)F)c32)C[C@@H]1O)OP(=O)(O)OP(=O)(O)OO. The lowest BCUT2D eigenvalue weighted by molar-refractivity contribution is -0.157. The molecule has 0 saturated carbocycles. The summed E-state index contributed by atoms with van der Waals surface area (Å²) in [6.45, 7) is -0.723. The highest BCUT2D eigenvalue weighted by atomic mass is 31.3. The molecule has 2 heterocycles. The second-order valence-corrected chi connectivity index (χ2v) is 10.5. The predicted molar refractivity (Wildman–Crippen MR) is 98.4 cm³/mol. The molecule has 0 amide bonds. The van der Waals surface area contributed by atoms with Crippen LogP contribution in [0, 0.1) is 0 Å². The number of aromatic nitrogens is 2. The first kappa shape index (κ1) is 26.3. The van der Waals surface area contributed by atoms with E-state index < -0.39 is 60.7 Å². The number of halogens is 3. The Morgan fingerprint density at radius 3 is 2.61 bits per heavy atom.